The van der Waals surface area contributed by atoms with Crippen molar-refractivity contribution in [2.24, 2.45) is 0 Å². The summed E-state index contributed by atoms with van der Waals surface area (Å²) in [5.41, 5.74) is -4.38. The summed E-state index contributed by atoms with van der Waals surface area (Å²) in [7, 11) is 0. The second kappa shape index (κ2) is 11.5. The third-order valence-corrected chi connectivity index (χ3v) is 4.53. The van der Waals surface area contributed by atoms with E-state index in [2.05, 4.69) is 12.2 Å². The second-order valence-electron chi connectivity index (χ2n) is 6.85. The van der Waals surface area contributed by atoms with Gasteiger partial charge in [0.25, 0.3) is 0 Å². The highest BCUT2D eigenvalue weighted by Crippen LogP contribution is 2.05. The van der Waals surface area contributed by atoms with Crippen molar-refractivity contribution in [3.8, 4) is 0 Å². The van der Waals surface area contributed by atoms with Gasteiger partial charge in [-0.2, -0.15) is 0 Å². The van der Waals surface area contributed by atoms with Crippen LogP contribution < -0.4 is 34.1 Å². The van der Waals surface area contributed by atoms with Gasteiger partial charge in [0, 0.05) is 13.1 Å². The minimum Gasteiger partial charge on any atom is -0.259 e. The monoisotopic (exact) mass is 422 g/mol. The van der Waals surface area contributed by atoms with E-state index in [1.807, 2.05) is 19.9 Å². The van der Waals surface area contributed by atoms with Crippen molar-refractivity contribution in [2.45, 2.75) is 64.5 Å². The van der Waals surface area contributed by atoms with Crippen LogP contribution in [0, 0.1) is 0 Å². The maximum Gasteiger partial charge on any atom is 0.333 e. The average molecular weight is 422 g/mol. The largest absolute Gasteiger partial charge is 0.333 e. The Morgan fingerprint density at radius 1 is 0.500 bits per heavy atom. The van der Waals surface area contributed by atoms with Crippen molar-refractivity contribution in [1.82, 2.24) is 29.1 Å². The lowest BCUT2D eigenvalue weighted by molar-refractivity contribution is 0.536. The van der Waals surface area contributed by atoms with Crippen LogP contribution in [-0.2, 0) is 13.1 Å². The molecule has 0 saturated carbocycles. The van der Waals surface area contributed by atoms with E-state index in [0.717, 1.165) is 47.7 Å². The van der Waals surface area contributed by atoms with E-state index in [9.17, 15) is 28.8 Å². The molecule has 0 bridgehead atoms. The number of aromatic nitrogens is 6. The summed E-state index contributed by atoms with van der Waals surface area (Å²) in [5.74, 6) is 0. The summed E-state index contributed by atoms with van der Waals surface area (Å²) in [6, 6.07) is 0. The number of allylic oxidation sites excluding steroid dienone is 2. The van der Waals surface area contributed by atoms with Crippen molar-refractivity contribution in [3.05, 3.63) is 75.1 Å². The Hall–Kier alpha value is -3.44. The standard InChI is InChI=1S/C18H26N6O6/c25-13-19-15(27)23(16(28)20-13)11-9-7-5-3-1-2-4-6-8-10-12-24-17(29)21-14(26)22-18(24)30/h1-2H,3-12H2,(H2,19,20,25,27,28)(H2,21,22,26,29,30)/b2-1+. The molecule has 0 saturated heterocycles. The van der Waals surface area contributed by atoms with Crippen molar-refractivity contribution >= 4 is 0 Å². The lowest BCUT2D eigenvalue weighted by atomic mass is 10.1. The van der Waals surface area contributed by atoms with Crippen LogP contribution >= 0.6 is 0 Å². The molecule has 0 aliphatic carbocycles. The van der Waals surface area contributed by atoms with Gasteiger partial charge in [0.05, 0.1) is 0 Å². The summed E-state index contributed by atoms with van der Waals surface area (Å²) < 4.78 is 1.96. The SMILES string of the molecule is O=c1[nH]c(=O)n(CCCCC/C=C/CCCCCn2c(=O)[nH]c(=O)[nH]c2=O)c(=O)[nH]1. The van der Waals surface area contributed by atoms with Crippen molar-refractivity contribution in [2.75, 3.05) is 0 Å². The van der Waals surface area contributed by atoms with Gasteiger partial charge >= 0.3 is 34.1 Å². The summed E-state index contributed by atoms with van der Waals surface area (Å²) in [4.78, 5) is 76.1. The zero-order chi connectivity index (χ0) is 21.9. The fourth-order valence-corrected chi connectivity index (χ4v) is 2.97. The van der Waals surface area contributed by atoms with Crippen molar-refractivity contribution in [1.29, 1.82) is 0 Å². The smallest absolute Gasteiger partial charge is 0.259 e. The molecule has 0 aromatic carbocycles. The minimum atomic E-state index is -0.801. The Morgan fingerprint density at radius 3 is 1.17 bits per heavy atom. The van der Waals surface area contributed by atoms with Crippen LogP contribution in [0.15, 0.2) is 40.9 Å². The average Bonchev–Trinajstić information content (AvgIpc) is 2.65. The minimum absolute atomic E-state index is 0.260. The molecule has 0 aliphatic rings. The molecule has 2 heterocycles. The number of rotatable bonds is 12. The van der Waals surface area contributed by atoms with E-state index in [1.165, 1.54) is 0 Å². The van der Waals surface area contributed by atoms with Gasteiger partial charge in [-0.3, -0.25) is 19.9 Å². The summed E-state index contributed by atoms with van der Waals surface area (Å²) in [6.45, 7) is 0.520. The highest BCUT2D eigenvalue weighted by atomic mass is 16.2. The fourth-order valence-electron chi connectivity index (χ4n) is 2.97. The van der Waals surface area contributed by atoms with E-state index < -0.39 is 34.1 Å². The summed E-state index contributed by atoms with van der Waals surface area (Å²) >= 11 is 0. The highest BCUT2D eigenvalue weighted by Gasteiger charge is 2.03. The lowest BCUT2D eigenvalue weighted by Crippen LogP contribution is -2.43. The molecular formula is C18H26N6O6. The molecule has 4 N–H and O–H groups in total. The maximum atomic E-state index is 11.5. The van der Waals surface area contributed by atoms with E-state index in [4.69, 9.17) is 0 Å². The quantitative estimate of drug-likeness (QED) is 0.256. The van der Waals surface area contributed by atoms with E-state index in [0.29, 0.717) is 12.8 Å². The first kappa shape index (κ1) is 22.8. The zero-order valence-electron chi connectivity index (χ0n) is 16.6. The Labute approximate surface area is 169 Å². The van der Waals surface area contributed by atoms with Crippen LogP contribution in [0.25, 0.3) is 0 Å². The van der Waals surface area contributed by atoms with Gasteiger partial charge in [-0.1, -0.05) is 25.0 Å². The van der Waals surface area contributed by atoms with Gasteiger partial charge in [-0.15, -0.1) is 0 Å². The van der Waals surface area contributed by atoms with Gasteiger partial charge in [-0.25, -0.2) is 37.9 Å². The Bertz CT molecular complexity index is 1030. The molecule has 0 amide bonds. The predicted octanol–water partition coefficient (Wildman–Crippen LogP) is -0.860. The third-order valence-electron chi connectivity index (χ3n) is 4.53. The summed E-state index contributed by atoms with van der Waals surface area (Å²) in [6.07, 6.45) is 10.8. The Morgan fingerprint density at radius 2 is 0.833 bits per heavy atom. The molecule has 0 atom stereocenters. The highest BCUT2D eigenvalue weighted by molar-refractivity contribution is 4.81. The molecule has 0 unspecified atom stereocenters. The first-order chi connectivity index (χ1) is 14.4. The lowest BCUT2D eigenvalue weighted by Gasteiger charge is -2.03. The first-order valence-electron chi connectivity index (χ1n) is 9.90. The third kappa shape index (κ3) is 7.18. The maximum absolute atomic E-state index is 11.5. The molecule has 164 valence electrons. The molecule has 12 nitrogen and oxygen atoms in total. The number of hydrogen-bond donors (Lipinski definition) is 4. The van der Waals surface area contributed by atoms with Crippen molar-refractivity contribution < 1.29 is 0 Å². The number of unbranched alkanes of at least 4 members (excludes halogenated alkanes) is 6. The molecule has 0 radical (unpaired) electrons. The topological polar surface area (TPSA) is 175 Å². The molecule has 2 aromatic heterocycles. The molecule has 0 spiro atoms. The van der Waals surface area contributed by atoms with Crippen LogP contribution in [0.1, 0.15) is 51.4 Å². The number of nitrogens with zero attached hydrogens (tertiary/aromatic N) is 2. The molecule has 2 rings (SSSR count). The number of nitrogens with one attached hydrogen (secondary N) is 4. The van der Waals surface area contributed by atoms with Crippen LogP contribution in [0.5, 0.6) is 0 Å². The van der Waals surface area contributed by atoms with Crippen LogP contribution in [0.4, 0.5) is 0 Å². The van der Waals surface area contributed by atoms with Gasteiger partial charge in [-0.05, 0) is 38.5 Å². The Balaban J connectivity index is 1.55. The normalized spacial score (nSPS) is 11.3. The summed E-state index contributed by atoms with van der Waals surface area (Å²) in [5, 5.41) is 0. The number of hydrogen-bond acceptors (Lipinski definition) is 6. The second-order valence-corrected chi connectivity index (χ2v) is 6.85. The van der Waals surface area contributed by atoms with Crippen LogP contribution in [-0.4, -0.2) is 29.1 Å². The van der Waals surface area contributed by atoms with Crippen molar-refractivity contribution in [3.63, 3.8) is 0 Å². The van der Waals surface area contributed by atoms with Gasteiger partial charge in [0.15, 0.2) is 0 Å². The first-order valence-corrected chi connectivity index (χ1v) is 9.90. The molecule has 12 heteroatoms. The molecule has 0 fully saturated rings. The fraction of sp³-hybridized carbons (Fsp3) is 0.556. The number of aromatic amines is 4. The molecule has 2 aromatic rings. The van der Waals surface area contributed by atoms with Crippen LogP contribution in [0.3, 0.4) is 0 Å². The van der Waals surface area contributed by atoms with E-state index in [-0.39, 0.29) is 13.1 Å². The Kier molecular flexibility index (Phi) is 8.78. The van der Waals surface area contributed by atoms with E-state index >= 15 is 0 Å². The van der Waals surface area contributed by atoms with Crippen LogP contribution in [0.2, 0.25) is 0 Å². The van der Waals surface area contributed by atoms with Gasteiger partial charge in [0.1, 0.15) is 0 Å². The van der Waals surface area contributed by atoms with Gasteiger partial charge < -0.3 is 0 Å². The predicted molar refractivity (Wildman–Crippen MR) is 110 cm³/mol. The molecule has 0 aliphatic heterocycles. The zero-order valence-corrected chi connectivity index (χ0v) is 16.6. The molecular weight excluding hydrogens is 396 g/mol. The molecule has 30 heavy (non-hydrogen) atoms. The number of H-pyrrole nitrogens is 4. The van der Waals surface area contributed by atoms with E-state index in [1.54, 1.807) is 0 Å². The van der Waals surface area contributed by atoms with Gasteiger partial charge in [0.2, 0.25) is 0 Å².